The van der Waals surface area contributed by atoms with Gasteiger partial charge in [-0.2, -0.15) is 0 Å². The van der Waals surface area contributed by atoms with Gasteiger partial charge in [-0.15, -0.1) is 12.4 Å². The van der Waals surface area contributed by atoms with Gasteiger partial charge in [-0.1, -0.05) is 12.1 Å². The topological polar surface area (TPSA) is 60.2 Å². The van der Waals surface area contributed by atoms with E-state index in [1.807, 2.05) is 0 Å². The first kappa shape index (κ1) is 14.3. The van der Waals surface area contributed by atoms with Crippen LogP contribution in [0.15, 0.2) is 24.3 Å². The molecule has 0 spiro atoms. The lowest BCUT2D eigenvalue weighted by Gasteiger charge is -2.22. The normalized spacial score (nSPS) is 11.9. The fraction of sp³-hybridized carbons (Fsp3) is 0.400. The summed E-state index contributed by atoms with van der Waals surface area (Å²) in [5.41, 5.74) is 6.93. The van der Waals surface area contributed by atoms with Gasteiger partial charge in [0.05, 0.1) is 4.75 Å². The Hall–Kier alpha value is -0.740. The largest absolute Gasteiger partial charge is 0.399 e. The number of rotatable bonds is 2. The Labute approximate surface area is 97.0 Å². The number of sulfone groups is 1. The lowest BCUT2D eigenvalue weighted by molar-refractivity contribution is 0.561. The first-order valence-corrected chi connectivity index (χ1v) is 6.20. The van der Waals surface area contributed by atoms with Crippen molar-refractivity contribution in [3.63, 3.8) is 0 Å². The molecule has 0 aromatic heterocycles. The molecule has 0 aliphatic carbocycles. The van der Waals surface area contributed by atoms with Crippen LogP contribution < -0.4 is 5.73 Å². The van der Waals surface area contributed by atoms with E-state index in [0.29, 0.717) is 5.69 Å². The number of nitrogens with two attached hydrogens (primary N) is 1. The number of hydrogen-bond donors (Lipinski definition) is 1. The van der Waals surface area contributed by atoms with Crippen molar-refractivity contribution in [2.75, 3.05) is 12.0 Å². The van der Waals surface area contributed by atoms with E-state index in [4.69, 9.17) is 5.73 Å². The predicted molar refractivity (Wildman–Crippen MR) is 66.0 cm³/mol. The van der Waals surface area contributed by atoms with Crippen LogP contribution in [0.1, 0.15) is 19.4 Å². The summed E-state index contributed by atoms with van der Waals surface area (Å²) >= 11 is 0. The van der Waals surface area contributed by atoms with Crippen LogP contribution in [0.2, 0.25) is 0 Å². The molecule has 0 fully saturated rings. The summed E-state index contributed by atoms with van der Waals surface area (Å²) in [6, 6.07) is 6.91. The lowest BCUT2D eigenvalue weighted by atomic mass is 10.0. The second kappa shape index (κ2) is 4.41. The molecule has 0 heterocycles. The van der Waals surface area contributed by atoms with Crippen LogP contribution in [0.4, 0.5) is 5.69 Å². The summed E-state index contributed by atoms with van der Waals surface area (Å²) in [5.74, 6) is 0. The van der Waals surface area contributed by atoms with Gasteiger partial charge in [0.2, 0.25) is 0 Å². The molecule has 0 saturated carbocycles. The Bertz CT molecular complexity index is 423. The Morgan fingerprint density at radius 3 is 1.87 bits per heavy atom. The first-order valence-electron chi connectivity index (χ1n) is 4.31. The van der Waals surface area contributed by atoms with Gasteiger partial charge in [-0.05, 0) is 31.5 Å². The molecule has 1 rings (SSSR count). The lowest BCUT2D eigenvalue weighted by Crippen LogP contribution is -2.27. The number of benzene rings is 1. The highest BCUT2D eigenvalue weighted by Gasteiger charge is 2.31. The van der Waals surface area contributed by atoms with E-state index in [1.54, 1.807) is 38.1 Å². The second-order valence-corrected chi connectivity index (χ2v) is 6.47. The highest BCUT2D eigenvalue weighted by atomic mass is 35.5. The van der Waals surface area contributed by atoms with Crippen molar-refractivity contribution >= 4 is 27.9 Å². The zero-order chi connectivity index (χ0) is 11.0. The molecule has 86 valence electrons. The molecule has 2 N–H and O–H groups in total. The smallest absolute Gasteiger partial charge is 0.156 e. The molecule has 1 aromatic carbocycles. The van der Waals surface area contributed by atoms with E-state index in [1.165, 1.54) is 6.26 Å². The molecule has 0 saturated heterocycles. The van der Waals surface area contributed by atoms with Gasteiger partial charge >= 0.3 is 0 Å². The maximum absolute atomic E-state index is 11.5. The highest BCUT2D eigenvalue weighted by Crippen LogP contribution is 2.29. The number of halogens is 1. The Balaban J connectivity index is 0.00000196. The van der Waals surface area contributed by atoms with Gasteiger partial charge in [0.25, 0.3) is 0 Å². The number of hydrogen-bond acceptors (Lipinski definition) is 3. The molecule has 0 radical (unpaired) electrons. The summed E-state index contributed by atoms with van der Waals surface area (Å²) in [5, 5.41) is 0. The SMILES string of the molecule is CC(C)(c1ccc(N)cc1)S(C)(=O)=O.Cl. The number of nitrogen functional groups attached to an aromatic ring is 1. The van der Waals surface area contributed by atoms with Gasteiger partial charge < -0.3 is 5.73 Å². The van der Waals surface area contributed by atoms with Crippen LogP contribution in [0.3, 0.4) is 0 Å². The third-order valence-corrected chi connectivity index (χ3v) is 4.62. The van der Waals surface area contributed by atoms with Gasteiger partial charge in [-0.3, -0.25) is 0 Å². The molecule has 0 aliphatic heterocycles. The van der Waals surface area contributed by atoms with Gasteiger partial charge in [0.1, 0.15) is 0 Å². The minimum atomic E-state index is -3.11. The molecular formula is C10H16ClNO2S. The van der Waals surface area contributed by atoms with Crippen LogP contribution in [0.5, 0.6) is 0 Å². The zero-order valence-corrected chi connectivity index (χ0v) is 10.7. The molecule has 0 amide bonds. The quantitative estimate of drug-likeness (QED) is 0.816. The first-order chi connectivity index (χ1) is 6.25. The number of anilines is 1. The van der Waals surface area contributed by atoms with Gasteiger partial charge in [0, 0.05) is 11.9 Å². The van der Waals surface area contributed by atoms with Crippen LogP contribution >= 0.6 is 12.4 Å². The summed E-state index contributed by atoms with van der Waals surface area (Å²) in [6.45, 7) is 3.38. The fourth-order valence-electron chi connectivity index (χ4n) is 1.10. The molecule has 15 heavy (non-hydrogen) atoms. The summed E-state index contributed by atoms with van der Waals surface area (Å²) in [7, 11) is -3.11. The van der Waals surface area contributed by atoms with Crippen molar-refractivity contribution in [1.82, 2.24) is 0 Å². The molecule has 0 bridgehead atoms. The van der Waals surface area contributed by atoms with Gasteiger partial charge in [-0.25, -0.2) is 8.42 Å². The van der Waals surface area contributed by atoms with E-state index >= 15 is 0 Å². The Morgan fingerprint density at radius 1 is 1.13 bits per heavy atom. The monoisotopic (exact) mass is 249 g/mol. The molecule has 3 nitrogen and oxygen atoms in total. The second-order valence-electron chi connectivity index (χ2n) is 3.90. The van der Waals surface area contributed by atoms with Crippen molar-refractivity contribution in [1.29, 1.82) is 0 Å². The standard InChI is InChI=1S/C10H15NO2S.ClH/c1-10(2,14(3,12)13)8-4-6-9(11)7-5-8;/h4-7H,11H2,1-3H3;1H. The minimum Gasteiger partial charge on any atom is -0.399 e. The van der Waals surface area contributed by atoms with Crippen LogP contribution in [0.25, 0.3) is 0 Å². The van der Waals surface area contributed by atoms with Crippen LogP contribution in [-0.2, 0) is 14.6 Å². The van der Waals surface area contributed by atoms with E-state index in [9.17, 15) is 8.42 Å². The Morgan fingerprint density at radius 2 is 1.53 bits per heavy atom. The molecule has 1 aromatic rings. The van der Waals surface area contributed by atoms with E-state index < -0.39 is 14.6 Å². The molecule has 0 atom stereocenters. The Kier molecular flexibility index (Phi) is 4.19. The molecule has 5 heteroatoms. The van der Waals surface area contributed by atoms with Crippen LogP contribution in [0, 0.1) is 0 Å². The van der Waals surface area contributed by atoms with Gasteiger partial charge in [0.15, 0.2) is 9.84 Å². The summed E-state index contributed by atoms with van der Waals surface area (Å²) < 4.78 is 22.2. The fourth-order valence-corrected chi connectivity index (χ4v) is 1.66. The van der Waals surface area contributed by atoms with Crippen molar-refractivity contribution in [3.8, 4) is 0 Å². The predicted octanol–water partition coefficient (Wildman–Crippen LogP) is 1.97. The van der Waals surface area contributed by atoms with Crippen molar-refractivity contribution < 1.29 is 8.42 Å². The average Bonchev–Trinajstić information content (AvgIpc) is 2.03. The third kappa shape index (κ3) is 2.86. The van der Waals surface area contributed by atoms with E-state index in [0.717, 1.165) is 5.56 Å². The van der Waals surface area contributed by atoms with E-state index in [-0.39, 0.29) is 12.4 Å². The third-order valence-electron chi connectivity index (χ3n) is 2.53. The van der Waals surface area contributed by atoms with E-state index in [2.05, 4.69) is 0 Å². The van der Waals surface area contributed by atoms with Crippen molar-refractivity contribution in [2.45, 2.75) is 18.6 Å². The summed E-state index contributed by atoms with van der Waals surface area (Å²) in [6.07, 6.45) is 1.24. The van der Waals surface area contributed by atoms with Crippen molar-refractivity contribution in [3.05, 3.63) is 29.8 Å². The maximum Gasteiger partial charge on any atom is 0.156 e. The minimum absolute atomic E-state index is 0. The van der Waals surface area contributed by atoms with Crippen LogP contribution in [-0.4, -0.2) is 14.7 Å². The molecular weight excluding hydrogens is 234 g/mol. The average molecular weight is 250 g/mol. The summed E-state index contributed by atoms with van der Waals surface area (Å²) in [4.78, 5) is 0. The molecule has 0 unspecified atom stereocenters. The molecule has 0 aliphatic rings. The maximum atomic E-state index is 11.5. The zero-order valence-electron chi connectivity index (χ0n) is 9.02. The van der Waals surface area contributed by atoms with Crippen molar-refractivity contribution in [2.24, 2.45) is 0 Å². The highest BCUT2D eigenvalue weighted by molar-refractivity contribution is 7.91.